The maximum Gasteiger partial charge on any atom is 0.150 e. The molecule has 1 rings (SSSR count). The summed E-state index contributed by atoms with van der Waals surface area (Å²) in [5, 5.41) is 0. The lowest BCUT2D eigenvalue weighted by Crippen LogP contribution is -2.54. The number of likely N-dealkylation sites (N-methyl/N-ethyl adjacent to an activating group) is 2. The first-order valence-electron chi connectivity index (χ1n) is 7.45. The standard InChI is InChI=1S/C13H30N4O2S/c1-4-20(18,19)10-5-7-12(15-14)13-11-16(2)8-6-9-17(13)3/h12-13,15H,4-11,14H2,1-3H3. The molecular formula is C13H30N4O2S. The molecule has 0 aliphatic carbocycles. The van der Waals surface area contributed by atoms with Crippen molar-refractivity contribution < 1.29 is 8.42 Å². The minimum atomic E-state index is -2.88. The van der Waals surface area contributed by atoms with Crippen LogP contribution in [0.25, 0.3) is 0 Å². The quantitative estimate of drug-likeness (QED) is 0.495. The van der Waals surface area contributed by atoms with Crippen molar-refractivity contribution in [1.82, 2.24) is 15.2 Å². The van der Waals surface area contributed by atoms with Crippen LogP contribution in [0.2, 0.25) is 0 Å². The highest BCUT2D eigenvalue weighted by atomic mass is 32.2. The van der Waals surface area contributed by atoms with Crippen LogP contribution in [-0.2, 0) is 9.84 Å². The Kier molecular flexibility index (Phi) is 7.39. The zero-order valence-electron chi connectivity index (χ0n) is 13.0. The highest BCUT2D eigenvalue weighted by molar-refractivity contribution is 7.91. The molecule has 120 valence electrons. The van der Waals surface area contributed by atoms with Crippen LogP contribution < -0.4 is 11.3 Å². The van der Waals surface area contributed by atoms with Gasteiger partial charge < -0.3 is 9.80 Å². The molecule has 6 nitrogen and oxygen atoms in total. The average Bonchev–Trinajstić information content (AvgIpc) is 2.57. The van der Waals surface area contributed by atoms with E-state index in [0.29, 0.717) is 12.5 Å². The second-order valence-corrected chi connectivity index (χ2v) is 8.29. The molecule has 1 fully saturated rings. The molecule has 1 saturated heterocycles. The predicted octanol–water partition coefficient (Wildman–Crippen LogP) is -0.331. The Labute approximate surface area is 123 Å². The van der Waals surface area contributed by atoms with Gasteiger partial charge in [-0.2, -0.15) is 0 Å². The van der Waals surface area contributed by atoms with Crippen molar-refractivity contribution in [2.75, 3.05) is 45.2 Å². The van der Waals surface area contributed by atoms with Gasteiger partial charge in [0.25, 0.3) is 0 Å². The maximum atomic E-state index is 11.5. The minimum Gasteiger partial charge on any atom is -0.305 e. The first-order valence-corrected chi connectivity index (χ1v) is 9.27. The molecule has 0 bridgehead atoms. The van der Waals surface area contributed by atoms with Gasteiger partial charge in [0.15, 0.2) is 0 Å². The van der Waals surface area contributed by atoms with Gasteiger partial charge in [0.2, 0.25) is 0 Å². The van der Waals surface area contributed by atoms with Crippen LogP contribution in [0.4, 0.5) is 0 Å². The van der Waals surface area contributed by atoms with E-state index in [0.717, 1.165) is 32.5 Å². The van der Waals surface area contributed by atoms with E-state index in [1.54, 1.807) is 6.92 Å². The Morgan fingerprint density at radius 2 is 2.05 bits per heavy atom. The normalized spacial score (nSPS) is 24.5. The smallest absolute Gasteiger partial charge is 0.150 e. The van der Waals surface area contributed by atoms with Crippen molar-refractivity contribution in [2.45, 2.75) is 38.3 Å². The van der Waals surface area contributed by atoms with Gasteiger partial charge in [0.1, 0.15) is 9.84 Å². The lowest BCUT2D eigenvalue weighted by atomic mass is 10.0. The summed E-state index contributed by atoms with van der Waals surface area (Å²) >= 11 is 0. The fourth-order valence-corrected chi connectivity index (χ4v) is 3.69. The summed E-state index contributed by atoms with van der Waals surface area (Å²) in [5.41, 5.74) is 2.89. The first-order chi connectivity index (χ1) is 9.39. The summed E-state index contributed by atoms with van der Waals surface area (Å²) in [6.07, 6.45) is 2.61. The molecule has 2 unspecified atom stereocenters. The number of hydrogen-bond acceptors (Lipinski definition) is 6. The molecule has 1 aliphatic heterocycles. The van der Waals surface area contributed by atoms with Crippen molar-refractivity contribution in [1.29, 1.82) is 0 Å². The van der Waals surface area contributed by atoms with Gasteiger partial charge in [0.05, 0.1) is 5.75 Å². The van der Waals surface area contributed by atoms with Gasteiger partial charge in [-0.05, 0) is 46.4 Å². The van der Waals surface area contributed by atoms with E-state index in [2.05, 4.69) is 29.3 Å². The van der Waals surface area contributed by atoms with E-state index in [9.17, 15) is 8.42 Å². The topological polar surface area (TPSA) is 78.7 Å². The molecule has 3 N–H and O–H groups in total. The Morgan fingerprint density at radius 1 is 1.35 bits per heavy atom. The second-order valence-electron chi connectivity index (χ2n) is 5.82. The summed E-state index contributed by atoms with van der Waals surface area (Å²) in [5.74, 6) is 6.18. The third-order valence-electron chi connectivity index (χ3n) is 4.20. The highest BCUT2D eigenvalue weighted by Gasteiger charge is 2.27. The van der Waals surface area contributed by atoms with Crippen LogP contribution in [0.5, 0.6) is 0 Å². The first kappa shape index (κ1) is 17.8. The molecule has 20 heavy (non-hydrogen) atoms. The van der Waals surface area contributed by atoms with Crippen LogP contribution in [0, 0.1) is 0 Å². The van der Waals surface area contributed by atoms with Crippen molar-refractivity contribution in [3.8, 4) is 0 Å². The third kappa shape index (κ3) is 5.65. The fourth-order valence-electron chi connectivity index (χ4n) is 2.79. The van der Waals surface area contributed by atoms with Crippen LogP contribution >= 0.6 is 0 Å². The Morgan fingerprint density at radius 3 is 2.65 bits per heavy atom. The number of hydrazine groups is 1. The number of hydrogen-bond donors (Lipinski definition) is 2. The van der Waals surface area contributed by atoms with Gasteiger partial charge in [-0.1, -0.05) is 6.92 Å². The number of nitrogens with two attached hydrogens (primary N) is 1. The summed E-state index contributed by atoms with van der Waals surface area (Å²) < 4.78 is 23.1. The molecule has 0 aromatic carbocycles. The second kappa shape index (κ2) is 8.29. The molecule has 0 amide bonds. The molecule has 1 heterocycles. The van der Waals surface area contributed by atoms with Crippen molar-refractivity contribution >= 4 is 9.84 Å². The van der Waals surface area contributed by atoms with Crippen molar-refractivity contribution in [2.24, 2.45) is 5.84 Å². The van der Waals surface area contributed by atoms with Crippen LogP contribution in [0.15, 0.2) is 0 Å². The number of nitrogens with one attached hydrogen (secondary N) is 1. The van der Waals surface area contributed by atoms with E-state index < -0.39 is 9.84 Å². The van der Waals surface area contributed by atoms with E-state index in [-0.39, 0.29) is 17.5 Å². The molecule has 0 aromatic heterocycles. The molecule has 1 aliphatic rings. The van der Waals surface area contributed by atoms with E-state index in [1.165, 1.54) is 0 Å². The largest absolute Gasteiger partial charge is 0.305 e. The average molecular weight is 306 g/mol. The number of rotatable bonds is 7. The zero-order chi connectivity index (χ0) is 15.2. The summed E-state index contributed by atoms with van der Waals surface area (Å²) in [6, 6.07) is 0.462. The molecule has 0 saturated carbocycles. The highest BCUT2D eigenvalue weighted by Crippen LogP contribution is 2.14. The SMILES string of the molecule is CCS(=O)(=O)CCCC(NN)C1CN(C)CCCN1C. The van der Waals surface area contributed by atoms with Gasteiger partial charge in [-0.25, -0.2) is 8.42 Å². The van der Waals surface area contributed by atoms with E-state index >= 15 is 0 Å². The van der Waals surface area contributed by atoms with Crippen LogP contribution in [-0.4, -0.2) is 75.5 Å². The van der Waals surface area contributed by atoms with E-state index in [1.807, 2.05) is 0 Å². The van der Waals surface area contributed by atoms with Crippen LogP contribution in [0.1, 0.15) is 26.2 Å². The van der Waals surface area contributed by atoms with Crippen LogP contribution in [0.3, 0.4) is 0 Å². The monoisotopic (exact) mass is 306 g/mol. The minimum absolute atomic E-state index is 0.132. The van der Waals surface area contributed by atoms with Gasteiger partial charge in [-0.3, -0.25) is 11.3 Å². The molecule has 7 heteroatoms. The van der Waals surface area contributed by atoms with E-state index in [4.69, 9.17) is 5.84 Å². The van der Waals surface area contributed by atoms with Crippen molar-refractivity contribution in [3.63, 3.8) is 0 Å². The number of nitrogens with zero attached hydrogens (tertiary/aromatic N) is 2. The molecule has 0 aromatic rings. The molecule has 2 atom stereocenters. The van der Waals surface area contributed by atoms with Gasteiger partial charge in [0, 0.05) is 24.4 Å². The molecular weight excluding hydrogens is 276 g/mol. The zero-order valence-corrected chi connectivity index (χ0v) is 13.8. The Bertz CT molecular complexity index is 375. The third-order valence-corrected chi connectivity index (χ3v) is 5.99. The summed E-state index contributed by atoms with van der Waals surface area (Å²) in [4.78, 5) is 4.66. The summed E-state index contributed by atoms with van der Waals surface area (Å²) in [6.45, 7) is 4.82. The van der Waals surface area contributed by atoms with Gasteiger partial charge in [-0.15, -0.1) is 0 Å². The maximum absolute atomic E-state index is 11.5. The number of sulfone groups is 1. The van der Waals surface area contributed by atoms with Gasteiger partial charge >= 0.3 is 0 Å². The Hall–Kier alpha value is -0.210. The predicted molar refractivity (Wildman–Crippen MR) is 83.2 cm³/mol. The fraction of sp³-hybridized carbons (Fsp3) is 1.00. The lowest BCUT2D eigenvalue weighted by molar-refractivity contribution is 0.172. The molecule has 0 spiro atoms. The lowest BCUT2D eigenvalue weighted by Gasteiger charge is -2.34. The summed E-state index contributed by atoms with van der Waals surface area (Å²) in [7, 11) is 1.37. The van der Waals surface area contributed by atoms with Crippen molar-refractivity contribution in [3.05, 3.63) is 0 Å². The Balaban J connectivity index is 2.55. The molecule has 0 radical (unpaired) electrons.